The quantitative estimate of drug-likeness (QED) is 0.832. The standard InChI is InChI=1S/C13H17Cl2NO2S/c1-9-4-3-7-16(8-9)19(17,18)12-6-5-11(14)10(2)13(12)15/h5-6,9H,3-4,7-8H2,1-2H3. The molecule has 1 unspecified atom stereocenters. The van der Waals surface area contributed by atoms with Crippen molar-refractivity contribution in [3.8, 4) is 0 Å². The number of piperidine rings is 1. The lowest BCUT2D eigenvalue weighted by molar-refractivity contribution is 0.281. The van der Waals surface area contributed by atoms with Crippen molar-refractivity contribution in [1.82, 2.24) is 4.31 Å². The molecule has 1 saturated heterocycles. The molecule has 1 fully saturated rings. The highest BCUT2D eigenvalue weighted by Crippen LogP contribution is 2.33. The van der Waals surface area contributed by atoms with Crippen LogP contribution >= 0.6 is 23.2 Å². The third-order valence-corrected chi connectivity index (χ3v) is 6.44. The van der Waals surface area contributed by atoms with Gasteiger partial charge in [-0.15, -0.1) is 0 Å². The minimum atomic E-state index is -3.52. The van der Waals surface area contributed by atoms with E-state index in [9.17, 15) is 8.42 Å². The van der Waals surface area contributed by atoms with Crippen molar-refractivity contribution in [3.63, 3.8) is 0 Å². The molecule has 1 aromatic rings. The van der Waals surface area contributed by atoms with E-state index in [2.05, 4.69) is 6.92 Å². The Kier molecular flexibility index (Phi) is 4.45. The van der Waals surface area contributed by atoms with Gasteiger partial charge in [-0.05, 0) is 43.4 Å². The highest BCUT2D eigenvalue weighted by Gasteiger charge is 2.30. The van der Waals surface area contributed by atoms with Gasteiger partial charge in [0, 0.05) is 18.1 Å². The third kappa shape index (κ3) is 2.92. The maximum absolute atomic E-state index is 12.6. The van der Waals surface area contributed by atoms with Gasteiger partial charge in [0.2, 0.25) is 10.0 Å². The summed E-state index contributed by atoms with van der Waals surface area (Å²) in [5, 5.41) is 0.710. The van der Waals surface area contributed by atoms with Crippen LogP contribution in [0.3, 0.4) is 0 Å². The second-order valence-corrected chi connectivity index (χ2v) is 7.79. The van der Waals surface area contributed by atoms with Crippen LogP contribution < -0.4 is 0 Å². The molecule has 1 heterocycles. The van der Waals surface area contributed by atoms with E-state index in [-0.39, 0.29) is 9.92 Å². The summed E-state index contributed by atoms with van der Waals surface area (Å²) in [6.45, 7) is 4.91. The Morgan fingerprint density at radius 2 is 2.00 bits per heavy atom. The summed E-state index contributed by atoms with van der Waals surface area (Å²) in [6, 6.07) is 3.08. The maximum Gasteiger partial charge on any atom is 0.244 e. The first-order chi connectivity index (χ1) is 8.84. The van der Waals surface area contributed by atoms with E-state index < -0.39 is 10.0 Å². The molecule has 2 rings (SSSR count). The molecule has 0 N–H and O–H groups in total. The maximum atomic E-state index is 12.6. The molecule has 19 heavy (non-hydrogen) atoms. The molecular weight excluding hydrogens is 305 g/mol. The number of halogens is 2. The number of hydrogen-bond donors (Lipinski definition) is 0. The molecule has 0 amide bonds. The van der Waals surface area contributed by atoms with E-state index in [0.717, 1.165) is 12.8 Å². The van der Waals surface area contributed by atoms with Gasteiger partial charge in [0.25, 0.3) is 0 Å². The molecule has 0 radical (unpaired) electrons. The average Bonchev–Trinajstić information content (AvgIpc) is 2.36. The normalized spacial score (nSPS) is 21.6. The highest BCUT2D eigenvalue weighted by atomic mass is 35.5. The van der Waals surface area contributed by atoms with Crippen molar-refractivity contribution >= 4 is 33.2 Å². The van der Waals surface area contributed by atoms with E-state index in [1.54, 1.807) is 13.0 Å². The fourth-order valence-corrected chi connectivity index (χ4v) is 4.72. The number of benzene rings is 1. The lowest BCUT2D eigenvalue weighted by Gasteiger charge is -2.30. The summed E-state index contributed by atoms with van der Waals surface area (Å²) in [7, 11) is -3.52. The fraction of sp³-hybridized carbons (Fsp3) is 0.538. The molecule has 6 heteroatoms. The van der Waals surface area contributed by atoms with Gasteiger partial charge in [-0.2, -0.15) is 4.31 Å². The molecule has 3 nitrogen and oxygen atoms in total. The van der Waals surface area contributed by atoms with Gasteiger partial charge in [-0.3, -0.25) is 0 Å². The zero-order valence-electron chi connectivity index (χ0n) is 11.0. The Labute approximate surface area is 124 Å². The third-order valence-electron chi connectivity index (χ3n) is 3.52. The molecule has 0 spiro atoms. The highest BCUT2D eigenvalue weighted by molar-refractivity contribution is 7.89. The SMILES string of the molecule is Cc1c(Cl)ccc(S(=O)(=O)N2CCCC(C)C2)c1Cl. The van der Waals surface area contributed by atoms with Gasteiger partial charge in [0.1, 0.15) is 4.90 Å². The van der Waals surface area contributed by atoms with Crippen molar-refractivity contribution in [3.05, 3.63) is 27.7 Å². The van der Waals surface area contributed by atoms with Crippen LogP contribution in [0.15, 0.2) is 17.0 Å². The predicted octanol–water partition coefficient (Wildman–Crippen LogP) is 3.72. The smallest absolute Gasteiger partial charge is 0.207 e. The Morgan fingerprint density at radius 3 is 2.63 bits per heavy atom. The van der Waals surface area contributed by atoms with Gasteiger partial charge >= 0.3 is 0 Å². The molecule has 0 saturated carbocycles. The first-order valence-corrected chi connectivity index (χ1v) is 8.48. The zero-order valence-corrected chi connectivity index (χ0v) is 13.3. The average molecular weight is 322 g/mol. The number of sulfonamides is 1. The summed E-state index contributed by atoms with van der Waals surface area (Å²) in [6.07, 6.45) is 1.96. The van der Waals surface area contributed by atoms with Gasteiger partial charge < -0.3 is 0 Å². The Hall–Kier alpha value is -0.290. The van der Waals surface area contributed by atoms with Gasteiger partial charge in [0.05, 0.1) is 5.02 Å². The molecular formula is C13H17Cl2NO2S. The minimum absolute atomic E-state index is 0.158. The number of nitrogens with zero attached hydrogens (tertiary/aromatic N) is 1. The minimum Gasteiger partial charge on any atom is -0.207 e. The second-order valence-electron chi connectivity index (χ2n) is 5.09. The van der Waals surface area contributed by atoms with Crippen molar-refractivity contribution in [2.75, 3.05) is 13.1 Å². The fourth-order valence-electron chi connectivity index (χ4n) is 2.34. The van der Waals surface area contributed by atoms with Gasteiger partial charge in [0.15, 0.2) is 0 Å². The Morgan fingerprint density at radius 1 is 1.32 bits per heavy atom. The molecule has 1 aromatic carbocycles. The van der Waals surface area contributed by atoms with Crippen molar-refractivity contribution < 1.29 is 8.42 Å². The summed E-state index contributed by atoms with van der Waals surface area (Å²) < 4.78 is 26.8. The van der Waals surface area contributed by atoms with E-state index in [1.807, 2.05) is 0 Å². The topological polar surface area (TPSA) is 37.4 Å². The van der Waals surface area contributed by atoms with Crippen LogP contribution in [0.1, 0.15) is 25.3 Å². The van der Waals surface area contributed by atoms with Gasteiger partial charge in [-0.25, -0.2) is 8.42 Å². The summed E-state index contributed by atoms with van der Waals surface area (Å²) in [4.78, 5) is 0.158. The lowest BCUT2D eigenvalue weighted by atomic mass is 10.0. The molecule has 1 atom stereocenters. The van der Waals surface area contributed by atoms with Crippen LogP contribution in [0.25, 0.3) is 0 Å². The molecule has 1 aliphatic heterocycles. The summed E-state index contributed by atoms with van der Waals surface area (Å²) in [5.41, 5.74) is 0.606. The van der Waals surface area contributed by atoms with Gasteiger partial charge in [-0.1, -0.05) is 30.1 Å². The Bertz CT molecular complexity index is 587. The van der Waals surface area contributed by atoms with Crippen molar-refractivity contribution in [1.29, 1.82) is 0 Å². The largest absolute Gasteiger partial charge is 0.244 e. The van der Waals surface area contributed by atoms with Crippen LogP contribution in [0.4, 0.5) is 0 Å². The first-order valence-electron chi connectivity index (χ1n) is 6.28. The van der Waals surface area contributed by atoms with E-state index in [0.29, 0.717) is 29.6 Å². The van der Waals surface area contributed by atoms with E-state index in [4.69, 9.17) is 23.2 Å². The van der Waals surface area contributed by atoms with Crippen molar-refractivity contribution in [2.45, 2.75) is 31.6 Å². The molecule has 106 valence electrons. The van der Waals surface area contributed by atoms with Crippen molar-refractivity contribution in [2.24, 2.45) is 5.92 Å². The van der Waals surface area contributed by atoms with E-state index in [1.165, 1.54) is 10.4 Å². The molecule has 1 aliphatic rings. The zero-order chi connectivity index (χ0) is 14.2. The molecule has 0 bridgehead atoms. The van der Waals surface area contributed by atoms with Crippen LogP contribution in [0.5, 0.6) is 0 Å². The summed E-state index contributed by atoms with van der Waals surface area (Å²) in [5.74, 6) is 0.385. The lowest BCUT2D eigenvalue weighted by Crippen LogP contribution is -2.39. The van der Waals surface area contributed by atoms with Crippen LogP contribution in [-0.2, 0) is 10.0 Å². The molecule has 0 aliphatic carbocycles. The van der Waals surface area contributed by atoms with Crippen LogP contribution in [0, 0.1) is 12.8 Å². The Balaban J connectivity index is 2.42. The van der Waals surface area contributed by atoms with E-state index >= 15 is 0 Å². The number of rotatable bonds is 2. The summed E-state index contributed by atoms with van der Waals surface area (Å²) >= 11 is 12.1. The van der Waals surface area contributed by atoms with Crippen LogP contribution in [0.2, 0.25) is 10.0 Å². The van der Waals surface area contributed by atoms with Crippen LogP contribution in [-0.4, -0.2) is 25.8 Å². The first kappa shape index (κ1) is 15.1. The predicted molar refractivity (Wildman–Crippen MR) is 78.4 cm³/mol. The molecule has 0 aromatic heterocycles. The number of hydrogen-bond acceptors (Lipinski definition) is 2. The second kappa shape index (κ2) is 5.60. The monoisotopic (exact) mass is 321 g/mol.